The van der Waals surface area contributed by atoms with Crippen molar-refractivity contribution in [2.24, 2.45) is 0 Å². The van der Waals surface area contributed by atoms with Gasteiger partial charge in [-0.25, -0.2) is 0 Å². The number of anilines is 1. The highest BCUT2D eigenvalue weighted by atomic mass is 35.5. The number of phenolic OH excluding ortho intramolecular Hbond substituents is 1. The average molecular weight is 317 g/mol. The Labute approximate surface area is 126 Å². The van der Waals surface area contributed by atoms with Gasteiger partial charge in [-0.15, -0.1) is 0 Å². The molecule has 0 unspecified atom stereocenters. The van der Waals surface area contributed by atoms with E-state index in [2.05, 4.69) is 5.32 Å². The lowest BCUT2D eigenvalue weighted by Gasteiger charge is -2.12. The first-order valence-corrected chi connectivity index (χ1v) is 6.77. The lowest BCUT2D eigenvalue weighted by Crippen LogP contribution is -2.01. The number of aromatic hydroxyl groups is 1. The maximum atomic E-state index is 9.86. The molecule has 0 saturated heterocycles. The van der Waals surface area contributed by atoms with Gasteiger partial charge in [0.15, 0.2) is 0 Å². The Hall–Kier alpha value is -1.09. The highest BCUT2D eigenvalue weighted by molar-refractivity contribution is 6.35. The van der Waals surface area contributed by atoms with Gasteiger partial charge in [0.1, 0.15) is 5.75 Å². The van der Waals surface area contributed by atoms with Gasteiger partial charge in [-0.05, 0) is 42.8 Å². The molecule has 0 aliphatic rings. The van der Waals surface area contributed by atoms with Crippen LogP contribution in [0.2, 0.25) is 15.1 Å². The molecule has 0 aromatic heterocycles. The molecule has 2 aromatic carbocycles. The number of hydrogen-bond acceptors (Lipinski definition) is 2. The van der Waals surface area contributed by atoms with Crippen LogP contribution >= 0.6 is 34.8 Å². The molecular formula is C14H12Cl3NO. The Morgan fingerprint density at radius 3 is 2.47 bits per heavy atom. The molecule has 0 aliphatic heterocycles. The van der Waals surface area contributed by atoms with Gasteiger partial charge in [-0.3, -0.25) is 0 Å². The van der Waals surface area contributed by atoms with E-state index >= 15 is 0 Å². The third-order valence-electron chi connectivity index (χ3n) is 2.76. The fourth-order valence-corrected chi connectivity index (χ4v) is 2.53. The summed E-state index contributed by atoms with van der Waals surface area (Å²) in [7, 11) is 0. The minimum Gasteiger partial charge on any atom is -0.506 e. The van der Waals surface area contributed by atoms with E-state index in [9.17, 15) is 5.11 Å². The quantitative estimate of drug-likeness (QED) is 0.808. The van der Waals surface area contributed by atoms with Crippen LogP contribution in [0.4, 0.5) is 5.69 Å². The van der Waals surface area contributed by atoms with Crippen molar-refractivity contribution in [3.63, 3.8) is 0 Å². The minimum atomic E-state index is 0.0465. The molecule has 0 spiro atoms. The summed E-state index contributed by atoms with van der Waals surface area (Å²) in [6, 6.07) is 8.76. The number of halogens is 3. The topological polar surface area (TPSA) is 32.3 Å². The number of rotatable bonds is 3. The van der Waals surface area contributed by atoms with Gasteiger partial charge < -0.3 is 10.4 Å². The summed E-state index contributed by atoms with van der Waals surface area (Å²) in [6.07, 6.45) is 0. The molecule has 2 nitrogen and oxygen atoms in total. The first-order chi connectivity index (χ1) is 8.97. The molecule has 0 saturated carbocycles. The van der Waals surface area contributed by atoms with Crippen molar-refractivity contribution in [2.45, 2.75) is 13.5 Å². The van der Waals surface area contributed by atoms with Gasteiger partial charge in [0.2, 0.25) is 0 Å². The Morgan fingerprint density at radius 1 is 1.05 bits per heavy atom. The zero-order valence-electron chi connectivity index (χ0n) is 10.2. The monoisotopic (exact) mass is 315 g/mol. The molecule has 0 amide bonds. The smallest absolute Gasteiger partial charge is 0.139 e. The zero-order chi connectivity index (χ0) is 14.0. The highest BCUT2D eigenvalue weighted by Crippen LogP contribution is 2.32. The van der Waals surface area contributed by atoms with Crippen molar-refractivity contribution in [1.29, 1.82) is 0 Å². The summed E-state index contributed by atoms with van der Waals surface area (Å²) in [6.45, 7) is 2.38. The van der Waals surface area contributed by atoms with E-state index in [1.165, 1.54) is 6.07 Å². The van der Waals surface area contributed by atoms with Gasteiger partial charge in [0.05, 0.1) is 5.02 Å². The van der Waals surface area contributed by atoms with Gasteiger partial charge >= 0.3 is 0 Å². The van der Waals surface area contributed by atoms with Gasteiger partial charge in [0.25, 0.3) is 0 Å². The second-order valence-corrected chi connectivity index (χ2v) is 5.49. The molecule has 0 fully saturated rings. The number of hydrogen-bond donors (Lipinski definition) is 2. The molecular weight excluding hydrogens is 305 g/mol. The molecule has 100 valence electrons. The van der Waals surface area contributed by atoms with E-state index in [4.69, 9.17) is 34.8 Å². The Kier molecular flexibility index (Phi) is 4.46. The van der Waals surface area contributed by atoms with Crippen LogP contribution in [0.25, 0.3) is 0 Å². The number of nitrogens with one attached hydrogen (secondary N) is 1. The lowest BCUT2D eigenvalue weighted by molar-refractivity contribution is 0.469. The Balaban J connectivity index is 2.19. The maximum absolute atomic E-state index is 9.86. The van der Waals surface area contributed by atoms with Crippen molar-refractivity contribution in [1.82, 2.24) is 0 Å². The average Bonchev–Trinajstić information content (AvgIpc) is 2.33. The first-order valence-electron chi connectivity index (χ1n) is 5.64. The summed E-state index contributed by atoms with van der Waals surface area (Å²) >= 11 is 17.7. The third kappa shape index (κ3) is 3.47. The minimum absolute atomic E-state index is 0.0465. The second-order valence-electron chi connectivity index (χ2n) is 4.21. The summed E-state index contributed by atoms with van der Waals surface area (Å²) in [4.78, 5) is 0. The standard InChI is InChI=1S/C14H12Cl3NO/c1-8-4-10(15)2-3-13(8)18-7-9-5-11(16)6-12(17)14(9)19/h2-6,18-19H,7H2,1H3. The Bertz CT molecular complexity index is 614. The van der Waals surface area contributed by atoms with Crippen LogP contribution in [-0.2, 0) is 6.54 Å². The summed E-state index contributed by atoms with van der Waals surface area (Å²) < 4.78 is 0. The fourth-order valence-electron chi connectivity index (χ4n) is 1.77. The lowest BCUT2D eigenvalue weighted by atomic mass is 10.1. The summed E-state index contributed by atoms with van der Waals surface area (Å²) in [5.41, 5.74) is 2.62. The molecule has 0 radical (unpaired) electrons. The molecule has 2 rings (SSSR count). The molecule has 5 heteroatoms. The van der Waals surface area contributed by atoms with Crippen LogP contribution in [0.15, 0.2) is 30.3 Å². The number of phenols is 1. The van der Waals surface area contributed by atoms with Crippen LogP contribution in [0, 0.1) is 6.92 Å². The first kappa shape index (κ1) is 14.3. The van der Waals surface area contributed by atoms with Crippen molar-refractivity contribution < 1.29 is 5.11 Å². The zero-order valence-corrected chi connectivity index (χ0v) is 12.4. The van der Waals surface area contributed by atoms with Crippen molar-refractivity contribution >= 4 is 40.5 Å². The van der Waals surface area contributed by atoms with E-state index in [-0.39, 0.29) is 10.8 Å². The van der Waals surface area contributed by atoms with Crippen LogP contribution in [-0.4, -0.2) is 5.11 Å². The molecule has 0 aliphatic carbocycles. The van der Waals surface area contributed by atoms with Crippen molar-refractivity contribution in [3.8, 4) is 5.75 Å². The molecule has 0 bridgehead atoms. The van der Waals surface area contributed by atoms with Crippen LogP contribution < -0.4 is 5.32 Å². The molecule has 2 aromatic rings. The molecule has 0 atom stereocenters. The van der Waals surface area contributed by atoms with E-state index < -0.39 is 0 Å². The van der Waals surface area contributed by atoms with Crippen LogP contribution in [0.1, 0.15) is 11.1 Å². The fraction of sp³-hybridized carbons (Fsp3) is 0.143. The third-order valence-corrected chi connectivity index (χ3v) is 3.51. The number of aryl methyl sites for hydroxylation is 1. The van der Waals surface area contributed by atoms with E-state index in [1.54, 1.807) is 6.07 Å². The predicted octanol–water partition coefficient (Wildman–Crippen LogP) is 5.27. The van der Waals surface area contributed by atoms with Crippen molar-refractivity contribution in [2.75, 3.05) is 5.32 Å². The summed E-state index contributed by atoms with van der Waals surface area (Å²) in [5, 5.41) is 14.5. The normalized spacial score (nSPS) is 10.5. The number of benzene rings is 2. The SMILES string of the molecule is Cc1cc(Cl)ccc1NCc1cc(Cl)cc(Cl)c1O. The van der Waals surface area contributed by atoms with Gasteiger partial charge in [0, 0.05) is 27.8 Å². The molecule has 19 heavy (non-hydrogen) atoms. The van der Waals surface area contributed by atoms with E-state index in [1.807, 2.05) is 25.1 Å². The molecule has 0 heterocycles. The van der Waals surface area contributed by atoms with Crippen molar-refractivity contribution in [3.05, 3.63) is 56.5 Å². The maximum Gasteiger partial charge on any atom is 0.139 e. The highest BCUT2D eigenvalue weighted by Gasteiger charge is 2.08. The Morgan fingerprint density at radius 2 is 1.79 bits per heavy atom. The predicted molar refractivity (Wildman–Crippen MR) is 81.6 cm³/mol. The largest absolute Gasteiger partial charge is 0.506 e. The van der Waals surface area contributed by atoms with Crippen LogP contribution in [0.5, 0.6) is 5.75 Å². The van der Waals surface area contributed by atoms with Gasteiger partial charge in [-0.2, -0.15) is 0 Å². The molecule has 2 N–H and O–H groups in total. The van der Waals surface area contributed by atoms with E-state index in [0.717, 1.165) is 11.3 Å². The van der Waals surface area contributed by atoms with Gasteiger partial charge in [-0.1, -0.05) is 34.8 Å². The van der Waals surface area contributed by atoms with Crippen LogP contribution in [0.3, 0.4) is 0 Å². The second kappa shape index (κ2) is 5.91. The van der Waals surface area contributed by atoms with E-state index in [0.29, 0.717) is 22.2 Å². The summed E-state index contributed by atoms with van der Waals surface area (Å²) in [5.74, 6) is 0.0465.